The van der Waals surface area contributed by atoms with Gasteiger partial charge in [-0.25, -0.2) is 4.98 Å². The van der Waals surface area contributed by atoms with Crippen molar-refractivity contribution in [3.63, 3.8) is 0 Å². The van der Waals surface area contributed by atoms with Crippen LogP contribution in [0, 0.1) is 11.8 Å². The van der Waals surface area contributed by atoms with Gasteiger partial charge in [0, 0.05) is 32.1 Å². The number of nitrogens with one attached hydrogen (secondary N) is 4. The third-order valence-electron chi connectivity index (χ3n) is 13.9. The summed E-state index contributed by atoms with van der Waals surface area (Å²) in [5.74, 6) is -5.17. The number of rotatable bonds is 50. The van der Waals surface area contributed by atoms with Crippen molar-refractivity contribution >= 4 is 43.0 Å². The van der Waals surface area contributed by atoms with Crippen LogP contribution < -0.4 is 27.0 Å². The fourth-order valence-corrected chi connectivity index (χ4v) is 10.3. The lowest BCUT2D eigenvalue weighted by atomic mass is 10.0. The van der Waals surface area contributed by atoms with Crippen molar-refractivity contribution in [2.24, 2.45) is 17.6 Å². The van der Waals surface area contributed by atoms with E-state index in [1.165, 1.54) is 24.3 Å². The van der Waals surface area contributed by atoms with Crippen molar-refractivity contribution < 1.29 is 81.0 Å². The van der Waals surface area contributed by atoms with Gasteiger partial charge in [0.1, 0.15) is 30.2 Å². The van der Waals surface area contributed by atoms with Crippen LogP contribution in [0.3, 0.4) is 0 Å². The number of carbonyl (C=O) groups is 6. The van der Waals surface area contributed by atoms with E-state index in [2.05, 4.69) is 50.5 Å². The number of hydrogen-bond donors (Lipinski definition) is 7. The van der Waals surface area contributed by atoms with Gasteiger partial charge in [-0.2, -0.15) is 0 Å². The number of carbonyl (C=O) groups excluding carboxylic acids is 6. The second-order valence-electron chi connectivity index (χ2n) is 21.4. The van der Waals surface area contributed by atoms with Gasteiger partial charge in [-0.3, -0.25) is 33.3 Å². The van der Waals surface area contributed by atoms with Crippen molar-refractivity contribution in [3.05, 3.63) is 54.1 Å². The number of nitrogens with two attached hydrogens (primary N) is 1. The van der Waals surface area contributed by atoms with Gasteiger partial charge in [-0.1, -0.05) is 76.8 Å². The maximum absolute atomic E-state index is 14.3. The van der Waals surface area contributed by atoms with Gasteiger partial charge in [0.15, 0.2) is 0 Å². The zero-order valence-electron chi connectivity index (χ0n) is 50.4. The van der Waals surface area contributed by atoms with Gasteiger partial charge < -0.3 is 84.1 Å². The summed E-state index contributed by atoms with van der Waals surface area (Å²) < 4.78 is 57.1. The zero-order chi connectivity index (χ0) is 61.4. The minimum absolute atomic E-state index is 0.0318. The van der Waals surface area contributed by atoms with Crippen LogP contribution in [0.15, 0.2) is 42.9 Å². The Morgan fingerprint density at radius 1 is 0.667 bits per heavy atom. The van der Waals surface area contributed by atoms with E-state index in [1.807, 2.05) is 24.5 Å². The van der Waals surface area contributed by atoms with Crippen LogP contribution in [0.5, 0.6) is 0 Å². The topological polar surface area (TPSA) is 329 Å². The molecule has 6 unspecified atom stereocenters. The van der Waals surface area contributed by atoms with E-state index in [1.54, 1.807) is 19.6 Å². The highest BCUT2D eigenvalue weighted by atomic mass is 31.2. The second-order valence-corrected chi connectivity index (χ2v) is 23.1. The predicted octanol–water partition coefficient (Wildman–Crippen LogP) is 2.85. The molecule has 2 heterocycles. The fraction of sp³-hybridized carbons (Fsp3) is 0.741. The minimum Gasteiger partial charge on any atom is -0.382 e. The average molecular weight is 1210 g/mol. The molecule has 1 aromatic heterocycles. The summed E-state index contributed by atoms with van der Waals surface area (Å²) in [6.07, 6.45) is 11.8. The van der Waals surface area contributed by atoms with E-state index in [-0.39, 0.29) is 44.3 Å². The third-order valence-corrected chi connectivity index (χ3v) is 14.9. The SMILES string of the molecule is COCCOCCOCCOCCOCCOCCOCCOCCC(=O)N1CCCC1C(=O)NC(CC(C)C)C(=O)NC(CCc1cncn1CCCCCCCCc1ccccc1)C(=O)NC(C)C(=O)NC(C(N)=O)C(C)CP(=O)(O)O. The molecule has 0 saturated carbocycles. The van der Waals surface area contributed by atoms with Crippen LogP contribution >= 0.6 is 7.60 Å². The van der Waals surface area contributed by atoms with Gasteiger partial charge >= 0.3 is 7.60 Å². The summed E-state index contributed by atoms with van der Waals surface area (Å²) in [5.41, 5.74) is 7.68. The Hall–Kier alpha value is -4.92. The number of imidazole rings is 1. The Labute approximate surface area is 496 Å². The number of aryl methyl sites for hydroxylation is 3. The number of methoxy groups -OCH3 is 1. The third kappa shape index (κ3) is 32.5. The van der Waals surface area contributed by atoms with Crippen molar-refractivity contribution in [1.82, 2.24) is 35.7 Å². The molecule has 25 nitrogen and oxygen atoms in total. The Balaban J connectivity index is 1.49. The Morgan fingerprint density at radius 3 is 1.75 bits per heavy atom. The normalized spacial score (nSPS) is 15.3. The molecule has 1 saturated heterocycles. The van der Waals surface area contributed by atoms with Crippen LogP contribution in [-0.4, -0.2) is 209 Å². The highest BCUT2D eigenvalue weighted by Crippen LogP contribution is 2.37. The molecule has 1 aliphatic heterocycles. The zero-order valence-corrected chi connectivity index (χ0v) is 51.3. The molecule has 478 valence electrons. The molecule has 84 heavy (non-hydrogen) atoms. The lowest BCUT2D eigenvalue weighted by molar-refractivity contribution is -0.140. The monoisotopic (exact) mass is 1210 g/mol. The van der Waals surface area contributed by atoms with Crippen LogP contribution in [0.25, 0.3) is 0 Å². The maximum Gasteiger partial charge on any atom is 0.325 e. The summed E-state index contributed by atoms with van der Waals surface area (Å²) in [6, 6.07) is 4.54. The number of hydrogen-bond acceptors (Lipinski definition) is 16. The Kier molecular flexibility index (Phi) is 38.1. The standard InChI is InChI=1S/C58H99N8O17P/c1-44(2)40-50(63-58(72)51-19-15-24-66(51)52(67)22-25-77-28-29-79-32-33-81-36-37-83-39-38-82-35-34-80-31-30-78-27-26-76-5)57(71)62-49(56(70)61-46(4)55(69)64-53(54(59)68)45(3)42-84(73,74)75)21-20-48-41-60-43-65(48)23-14-9-7-6-8-11-16-47-17-12-10-13-18-47/h10,12-13,17-18,41,43-46,49-51,53H,6-9,11,14-16,19-40,42H2,1-5H3,(H2,59,68)(H,61,70)(H,62,71)(H,63,72)(H,64,69)(H2,73,74,75). The summed E-state index contributed by atoms with van der Waals surface area (Å²) in [6.45, 7) is 13.7. The van der Waals surface area contributed by atoms with Crippen LogP contribution in [0.2, 0.25) is 0 Å². The molecule has 1 aliphatic rings. The Morgan fingerprint density at radius 2 is 1.20 bits per heavy atom. The van der Waals surface area contributed by atoms with Gasteiger partial charge in [-0.15, -0.1) is 0 Å². The number of nitrogens with zero attached hydrogens (tertiary/aromatic N) is 3. The van der Waals surface area contributed by atoms with Crippen molar-refractivity contribution in [3.8, 4) is 0 Å². The molecule has 6 atom stereocenters. The van der Waals surface area contributed by atoms with Crippen molar-refractivity contribution in [1.29, 1.82) is 0 Å². The summed E-state index contributed by atoms with van der Waals surface area (Å²) >= 11 is 0. The van der Waals surface area contributed by atoms with Crippen molar-refractivity contribution in [2.45, 2.75) is 148 Å². The van der Waals surface area contributed by atoms with E-state index in [4.69, 9.17) is 43.6 Å². The van der Waals surface area contributed by atoms with Gasteiger partial charge in [-0.05, 0) is 75.7 Å². The number of unbranched alkanes of at least 4 members (excludes halogenated alkanes) is 5. The number of aromatic nitrogens is 2. The molecular weight excluding hydrogens is 1110 g/mol. The van der Waals surface area contributed by atoms with Gasteiger partial charge in [0.2, 0.25) is 35.4 Å². The molecule has 0 bridgehead atoms. The largest absolute Gasteiger partial charge is 0.382 e. The first kappa shape index (κ1) is 73.3. The molecule has 0 spiro atoms. The molecule has 3 rings (SSSR count). The molecule has 0 radical (unpaired) electrons. The molecule has 1 fully saturated rings. The average Bonchev–Trinajstić information content (AvgIpc) is 4.35. The maximum atomic E-state index is 14.3. The smallest absolute Gasteiger partial charge is 0.325 e. The molecule has 26 heteroatoms. The lowest BCUT2D eigenvalue weighted by Gasteiger charge is -2.28. The summed E-state index contributed by atoms with van der Waals surface area (Å²) in [5, 5.41) is 10.7. The van der Waals surface area contributed by atoms with Gasteiger partial charge in [0.25, 0.3) is 0 Å². The molecule has 6 amide bonds. The van der Waals surface area contributed by atoms with E-state index >= 15 is 0 Å². The molecule has 8 N–H and O–H groups in total. The predicted molar refractivity (Wildman–Crippen MR) is 313 cm³/mol. The highest BCUT2D eigenvalue weighted by Gasteiger charge is 2.37. The number of likely N-dealkylation sites (tertiary alicyclic amines) is 1. The quantitative estimate of drug-likeness (QED) is 0.0370. The molecule has 2 aromatic rings. The fourth-order valence-electron chi connectivity index (χ4n) is 9.36. The number of primary amides is 1. The van der Waals surface area contributed by atoms with Gasteiger partial charge in [0.05, 0.1) is 118 Å². The number of amides is 6. The van der Waals surface area contributed by atoms with Crippen LogP contribution in [0.4, 0.5) is 0 Å². The summed E-state index contributed by atoms with van der Waals surface area (Å²) in [4.78, 5) is 107. The first-order chi connectivity index (χ1) is 40.4. The van der Waals surface area contributed by atoms with Crippen molar-refractivity contribution in [2.75, 3.05) is 119 Å². The van der Waals surface area contributed by atoms with Crippen LogP contribution in [-0.2, 0) is 90.6 Å². The number of ether oxygens (including phenoxy) is 8. The first-order valence-electron chi connectivity index (χ1n) is 29.8. The second kappa shape index (κ2) is 43.7. The number of benzene rings is 1. The highest BCUT2D eigenvalue weighted by molar-refractivity contribution is 7.51. The molecular formula is C58H99N8O17P. The minimum atomic E-state index is -4.58. The molecule has 0 aliphatic carbocycles. The summed E-state index contributed by atoms with van der Waals surface area (Å²) in [7, 11) is -2.96. The van der Waals surface area contributed by atoms with E-state index in [0.29, 0.717) is 118 Å². The molecule has 1 aromatic carbocycles. The van der Waals surface area contributed by atoms with E-state index < -0.39 is 79.4 Å². The van der Waals surface area contributed by atoms with E-state index in [0.717, 1.165) is 50.6 Å². The Bertz CT molecular complexity index is 2210. The van der Waals surface area contributed by atoms with Crippen LogP contribution in [0.1, 0.15) is 110 Å². The first-order valence-corrected chi connectivity index (χ1v) is 31.6. The van der Waals surface area contributed by atoms with E-state index in [9.17, 15) is 43.1 Å². The lowest BCUT2D eigenvalue weighted by Crippen LogP contribution is -2.59.